The molecule has 0 bridgehead atoms. The van der Waals surface area contributed by atoms with Crippen molar-refractivity contribution in [3.05, 3.63) is 68.8 Å². The fraction of sp³-hybridized carbons (Fsp3) is 0. The average Bonchev–Trinajstić information content (AvgIpc) is 2.51. The highest BCUT2D eigenvalue weighted by atomic mass is 35.5. The van der Waals surface area contributed by atoms with Crippen LogP contribution in [0.1, 0.15) is 0 Å². The summed E-state index contributed by atoms with van der Waals surface area (Å²) in [5.74, 6) is 0.694. The summed E-state index contributed by atoms with van der Waals surface area (Å²) in [4.78, 5) is 14.5. The molecule has 0 radical (unpaired) electrons. The first-order valence-corrected chi connectivity index (χ1v) is 6.97. The topological polar surface area (TPSA) is 65.3 Å². The normalized spacial score (nSPS) is 10.6. The molecule has 0 aliphatic heterocycles. The van der Waals surface area contributed by atoms with Crippen LogP contribution in [-0.4, -0.2) is 9.91 Å². The number of hydrogen-bond acceptors (Lipinski definition) is 4. The number of pyridine rings is 1. The Balaban J connectivity index is 1.98. The number of ether oxygens (including phenoxy) is 1. The standard InChI is InChI=1S/C15H8Cl2N2O3/c16-14-12(19(20)21)5-6-13(15(14)17)22-10-7-9-3-1-2-4-11(9)18-8-10/h1-8H. The molecule has 0 amide bonds. The second-order valence-corrected chi connectivity index (χ2v) is 5.19. The Labute approximate surface area is 135 Å². The second kappa shape index (κ2) is 5.79. The quantitative estimate of drug-likeness (QED) is 0.485. The molecule has 1 aromatic heterocycles. The highest BCUT2D eigenvalue weighted by Gasteiger charge is 2.19. The molecule has 22 heavy (non-hydrogen) atoms. The van der Waals surface area contributed by atoms with E-state index in [-0.39, 0.29) is 21.5 Å². The predicted molar refractivity (Wildman–Crippen MR) is 84.9 cm³/mol. The Morgan fingerprint density at radius 3 is 2.64 bits per heavy atom. The van der Waals surface area contributed by atoms with Crippen LogP contribution in [0.5, 0.6) is 11.5 Å². The molecule has 5 nitrogen and oxygen atoms in total. The second-order valence-electron chi connectivity index (χ2n) is 4.43. The van der Waals surface area contributed by atoms with E-state index in [1.807, 2.05) is 24.3 Å². The predicted octanol–water partition coefficient (Wildman–Crippen LogP) is 5.24. The lowest BCUT2D eigenvalue weighted by Crippen LogP contribution is -1.92. The number of benzene rings is 2. The highest BCUT2D eigenvalue weighted by Crippen LogP contribution is 2.40. The van der Waals surface area contributed by atoms with Crippen LogP contribution in [0, 0.1) is 10.1 Å². The van der Waals surface area contributed by atoms with Crippen molar-refractivity contribution in [1.29, 1.82) is 0 Å². The summed E-state index contributed by atoms with van der Waals surface area (Å²) < 4.78 is 5.63. The van der Waals surface area contributed by atoms with Crippen LogP contribution in [0.3, 0.4) is 0 Å². The van der Waals surface area contributed by atoms with Crippen LogP contribution >= 0.6 is 23.2 Å². The third-order valence-corrected chi connectivity index (χ3v) is 3.87. The van der Waals surface area contributed by atoms with Crippen molar-refractivity contribution < 1.29 is 9.66 Å². The van der Waals surface area contributed by atoms with E-state index < -0.39 is 4.92 Å². The van der Waals surface area contributed by atoms with Gasteiger partial charge >= 0.3 is 0 Å². The Bertz CT molecular complexity index is 884. The summed E-state index contributed by atoms with van der Waals surface area (Å²) in [6.07, 6.45) is 1.55. The van der Waals surface area contributed by atoms with Crippen molar-refractivity contribution in [3.63, 3.8) is 0 Å². The van der Waals surface area contributed by atoms with E-state index >= 15 is 0 Å². The van der Waals surface area contributed by atoms with Crippen molar-refractivity contribution in [2.45, 2.75) is 0 Å². The molecule has 3 rings (SSSR count). The van der Waals surface area contributed by atoms with Gasteiger partial charge < -0.3 is 4.74 Å². The lowest BCUT2D eigenvalue weighted by atomic mass is 10.2. The lowest BCUT2D eigenvalue weighted by Gasteiger charge is -2.09. The van der Waals surface area contributed by atoms with Crippen LogP contribution in [0.2, 0.25) is 10.0 Å². The molecule has 2 aromatic carbocycles. The molecule has 0 spiro atoms. The molecule has 1 heterocycles. The zero-order valence-electron chi connectivity index (χ0n) is 11.0. The number of para-hydroxylation sites is 1. The van der Waals surface area contributed by atoms with Gasteiger partial charge in [0.2, 0.25) is 0 Å². The molecule has 0 saturated heterocycles. The summed E-state index contributed by atoms with van der Waals surface area (Å²) in [6.45, 7) is 0. The van der Waals surface area contributed by atoms with Gasteiger partial charge in [-0.1, -0.05) is 41.4 Å². The largest absolute Gasteiger partial charge is 0.454 e. The average molecular weight is 335 g/mol. The van der Waals surface area contributed by atoms with Gasteiger partial charge in [0, 0.05) is 11.5 Å². The van der Waals surface area contributed by atoms with Crippen LogP contribution in [0.15, 0.2) is 48.7 Å². The Kier molecular flexibility index (Phi) is 3.83. The zero-order valence-corrected chi connectivity index (χ0v) is 12.5. The van der Waals surface area contributed by atoms with Crippen molar-refractivity contribution in [2.75, 3.05) is 0 Å². The van der Waals surface area contributed by atoms with E-state index in [1.165, 1.54) is 12.1 Å². The SMILES string of the molecule is O=[N+]([O-])c1ccc(Oc2cnc3ccccc3c2)c(Cl)c1Cl. The van der Waals surface area contributed by atoms with Crippen molar-refractivity contribution >= 4 is 39.8 Å². The number of hydrogen-bond donors (Lipinski definition) is 0. The first-order valence-electron chi connectivity index (χ1n) is 6.21. The van der Waals surface area contributed by atoms with Crippen molar-refractivity contribution in [3.8, 4) is 11.5 Å². The molecule has 3 aromatic rings. The van der Waals surface area contributed by atoms with E-state index in [4.69, 9.17) is 27.9 Å². The van der Waals surface area contributed by atoms with Crippen LogP contribution in [0.4, 0.5) is 5.69 Å². The minimum absolute atomic E-state index is 0.0102. The van der Waals surface area contributed by atoms with Gasteiger partial charge in [-0.15, -0.1) is 0 Å². The zero-order chi connectivity index (χ0) is 15.7. The molecular formula is C15H8Cl2N2O3. The summed E-state index contributed by atoms with van der Waals surface area (Å²) >= 11 is 11.9. The number of rotatable bonds is 3. The van der Waals surface area contributed by atoms with Gasteiger partial charge in [-0.3, -0.25) is 15.1 Å². The van der Waals surface area contributed by atoms with Gasteiger partial charge in [-0.25, -0.2) is 0 Å². The maximum Gasteiger partial charge on any atom is 0.289 e. The Morgan fingerprint density at radius 1 is 1.09 bits per heavy atom. The van der Waals surface area contributed by atoms with Crippen molar-refractivity contribution in [1.82, 2.24) is 4.98 Å². The number of fused-ring (bicyclic) bond motifs is 1. The van der Waals surface area contributed by atoms with Gasteiger partial charge in [0.05, 0.1) is 16.6 Å². The number of nitro benzene ring substituents is 1. The molecule has 0 unspecified atom stereocenters. The highest BCUT2D eigenvalue weighted by molar-refractivity contribution is 6.44. The van der Waals surface area contributed by atoms with Gasteiger partial charge in [0.15, 0.2) is 0 Å². The summed E-state index contributed by atoms with van der Waals surface area (Å²) in [5, 5.41) is 11.5. The van der Waals surface area contributed by atoms with Gasteiger partial charge in [-0.2, -0.15) is 0 Å². The van der Waals surface area contributed by atoms with Gasteiger partial charge in [0.1, 0.15) is 21.5 Å². The Hall–Kier alpha value is -2.37. The molecule has 0 N–H and O–H groups in total. The first-order chi connectivity index (χ1) is 10.6. The van der Waals surface area contributed by atoms with Gasteiger partial charge in [-0.05, 0) is 18.2 Å². The fourth-order valence-corrected chi connectivity index (χ4v) is 2.40. The molecule has 0 aliphatic rings. The van der Waals surface area contributed by atoms with E-state index in [2.05, 4.69) is 4.98 Å². The van der Waals surface area contributed by atoms with Gasteiger partial charge in [0.25, 0.3) is 5.69 Å². The molecule has 0 fully saturated rings. The molecular weight excluding hydrogens is 327 g/mol. The number of nitro groups is 1. The number of aromatic nitrogens is 1. The number of nitrogens with zero attached hydrogens (tertiary/aromatic N) is 2. The number of halogens is 2. The van der Waals surface area contributed by atoms with E-state index in [9.17, 15) is 10.1 Å². The molecule has 110 valence electrons. The minimum atomic E-state index is -0.602. The van der Waals surface area contributed by atoms with E-state index in [1.54, 1.807) is 12.3 Å². The summed E-state index contributed by atoms with van der Waals surface area (Å²) in [7, 11) is 0. The summed E-state index contributed by atoms with van der Waals surface area (Å²) in [6, 6.07) is 12.0. The minimum Gasteiger partial charge on any atom is -0.454 e. The summed E-state index contributed by atoms with van der Waals surface area (Å²) in [5.41, 5.74) is 0.568. The molecule has 7 heteroatoms. The lowest BCUT2D eigenvalue weighted by molar-refractivity contribution is -0.384. The smallest absolute Gasteiger partial charge is 0.289 e. The molecule has 0 atom stereocenters. The molecule has 0 aliphatic carbocycles. The van der Waals surface area contributed by atoms with Crippen LogP contribution in [0.25, 0.3) is 10.9 Å². The third kappa shape index (κ3) is 2.68. The molecule has 0 saturated carbocycles. The maximum absolute atomic E-state index is 10.8. The van der Waals surface area contributed by atoms with E-state index in [0.717, 1.165) is 10.9 Å². The van der Waals surface area contributed by atoms with Crippen LogP contribution < -0.4 is 4.74 Å². The third-order valence-electron chi connectivity index (χ3n) is 3.02. The maximum atomic E-state index is 10.8. The van der Waals surface area contributed by atoms with E-state index in [0.29, 0.717) is 5.75 Å². The first kappa shape index (κ1) is 14.6. The Morgan fingerprint density at radius 2 is 1.86 bits per heavy atom. The fourth-order valence-electron chi connectivity index (χ4n) is 1.98. The van der Waals surface area contributed by atoms with Crippen molar-refractivity contribution in [2.24, 2.45) is 0 Å². The van der Waals surface area contributed by atoms with Crippen LogP contribution in [-0.2, 0) is 0 Å². The monoisotopic (exact) mass is 334 g/mol.